The van der Waals surface area contributed by atoms with Crippen molar-refractivity contribution < 1.29 is 0 Å². The van der Waals surface area contributed by atoms with Crippen LogP contribution >= 0.6 is 22.9 Å². The predicted molar refractivity (Wildman–Crippen MR) is 89.7 cm³/mol. The van der Waals surface area contributed by atoms with E-state index in [1.165, 1.54) is 0 Å². The zero-order chi connectivity index (χ0) is 14.9. The lowest BCUT2D eigenvalue weighted by molar-refractivity contribution is 1.09. The molecule has 108 valence electrons. The van der Waals surface area contributed by atoms with Gasteiger partial charge in [-0.1, -0.05) is 30.3 Å². The molecule has 0 aliphatic carbocycles. The van der Waals surface area contributed by atoms with E-state index >= 15 is 0 Å². The summed E-state index contributed by atoms with van der Waals surface area (Å²) in [6.07, 6.45) is 0. The molecule has 0 atom stereocenters. The summed E-state index contributed by atoms with van der Waals surface area (Å²) in [5, 5.41) is 12.7. The lowest BCUT2D eigenvalue weighted by Gasteiger charge is -2.03. The predicted octanol–water partition coefficient (Wildman–Crippen LogP) is 4.48. The number of hydrogen-bond donors (Lipinski definition) is 2. The van der Waals surface area contributed by atoms with Crippen LogP contribution < -0.4 is 5.32 Å². The maximum absolute atomic E-state index is 5.96. The van der Waals surface area contributed by atoms with Crippen molar-refractivity contribution in [2.75, 3.05) is 5.32 Å². The summed E-state index contributed by atoms with van der Waals surface area (Å²) in [4.78, 5) is 8.44. The minimum absolute atomic E-state index is 0.215. The fraction of sp³-hybridized carbons (Fsp3) is 0. The summed E-state index contributed by atoms with van der Waals surface area (Å²) in [6.45, 7) is 0. The van der Waals surface area contributed by atoms with Crippen molar-refractivity contribution in [2.24, 2.45) is 0 Å². The van der Waals surface area contributed by atoms with Crippen molar-refractivity contribution in [2.45, 2.75) is 0 Å². The first-order chi connectivity index (χ1) is 10.8. The molecule has 1 aromatic carbocycles. The second-order valence-corrected chi connectivity index (χ2v) is 5.89. The van der Waals surface area contributed by atoms with Gasteiger partial charge in [0.2, 0.25) is 5.28 Å². The Kier molecular flexibility index (Phi) is 3.25. The van der Waals surface area contributed by atoms with Gasteiger partial charge in [0.05, 0.1) is 15.9 Å². The summed E-state index contributed by atoms with van der Waals surface area (Å²) >= 11 is 7.52. The van der Waals surface area contributed by atoms with E-state index in [0.29, 0.717) is 11.6 Å². The molecule has 0 fully saturated rings. The van der Waals surface area contributed by atoms with Crippen LogP contribution in [-0.4, -0.2) is 20.2 Å². The Morgan fingerprint density at radius 1 is 1.09 bits per heavy atom. The lowest BCUT2D eigenvalue weighted by atomic mass is 10.2. The molecule has 4 rings (SSSR count). The summed E-state index contributed by atoms with van der Waals surface area (Å²) in [6, 6.07) is 13.9. The van der Waals surface area contributed by atoms with Crippen molar-refractivity contribution in [1.82, 2.24) is 20.2 Å². The van der Waals surface area contributed by atoms with Gasteiger partial charge in [-0.3, -0.25) is 5.10 Å². The molecule has 0 radical (unpaired) electrons. The van der Waals surface area contributed by atoms with E-state index < -0.39 is 0 Å². The number of nitrogens with zero attached hydrogens (tertiary/aromatic N) is 3. The quantitative estimate of drug-likeness (QED) is 0.544. The van der Waals surface area contributed by atoms with Gasteiger partial charge in [0.25, 0.3) is 0 Å². The van der Waals surface area contributed by atoms with Crippen molar-refractivity contribution in [3.63, 3.8) is 0 Å². The van der Waals surface area contributed by atoms with Crippen LogP contribution in [0.25, 0.3) is 21.5 Å². The standard InChI is InChI=1S/C15H10ClN5S/c16-15-17-10-6-7-22-13(10)14(19-15)18-12-8-11(20-21-12)9-4-2-1-3-5-9/h1-8H,(H2,17,18,19,20,21). The highest BCUT2D eigenvalue weighted by Crippen LogP contribution is 2.29. The molecule has 0 unspecified atom stereocenters. The molecule has 0 saturated carbocycles. The minimum atomic E-state index is 0.215. The van der Waals surface area contributed by atoms with Gasteiger partial charge in [0.1, 0.15) is 0 Å². The molecular weight excluding hydrogens is 318 g/mol. The van der Waals surface area contributed by atoms with E-state index in [1.807, 2.05) is 47.8 Å². The minimum Gasteiger partial charge on any atom is -0.322 e. The van der Waals surface area contributed by atoms with E-state index in [2.05, 4.69) is 25.5 Å². The average molecular weight is 328 g/mol. The van der Waals surface area contributed by atoms with E-state index in [1.54, 1.807) is 11.3 Å². The van der Waals surface area contributed by atoms with E-state index in [4.69, 9.17) is 11.6 Å². The van der Waals surface area contributed by atoms with Crippen LogP contribution in [-0.2, 0) is 0 Å². The molecule has 0 amide bonds. The summed E-state index contributed by atoms with van der Waals surface area (Å²) in [7, 11) is 0. The first-order valence-electron chi connectivity index (χ1n) is 6.58. The first kappa shape index (κ1) is 13.2. The number of aromatic amines is 1. The number of rotatable bonds is 3. The van der Waals surface area contributed by atoms with Crippen molar-refractivity contribution >= 4 is 44.8 Å². The highest BCUT2D eigenvalue weighted by molar-refractivity contribution is 7.17. The maximum Gasteiger partial charge on any atom is 0.224 e. The Balaban J connectivity index is 1.69. The molecule has 0 aliphatic heterocycles. The summed E-state index contributed by atoms with van der Waals surface area (Å²) in [5.41, 5.74) is 2.84. The summed E-state index contributed by atoms with van der Waals surface area (Å²) < 4.78 is 0.952. The van der Waals surface area contributed by atoms with Crippen molar-refractivity contribution in [3.05, 3.63) is 53.1 Å². The fourth-order valence-electron chi connectivity index (χ4n) is 2.19. The van der Waals surface area contributed by atoms with E-state index in [-0.39, 0.29) is 5.28 Å². The Morgan fingerprint density at radius 3 is 2.82 bits per heavy atom. The van der Waals surface area contributed by atoms with Gasteiger partial charge in [-0.15, -0.1) is 11.3 Å². The number of benzene rings is 1. The Hall–Kier alpha value is -2.44. The molecule has 3 heterocycles. The molecular formula is C15H10ClN5S. The van der Waals surface area contributed by atoms with Crippen LogP contribution in [0.3, 0.4) is 0 Å². The molecule has 0 spiro atoms. The number of anilines is 2. The van der Waals surface area contributed by atoms with E-state index in [0.717, 1.165) is 21.5 Å². The van der Waals surface area contributed by atoms with Gasteiger partial charge in [-0.05, 0) is 28.6 Å². The molecule has 0 saturated heterocycles. The molecule has 2 N–H and O–H groups in total. The molecule has 5 nitrogen and oxygen atoms in total. The number of halogens is 1. The fourth-order valence-corrected chi connectivity index (χ4v) is 3.14. The van der Waals surface area contributed by atoms with Gasteiger partial charge in [0, 0.05) is 6.07 Å². The Bertz CT molecular complexity index is 931. The van der Waals surface area contributed by atoms with Crippen LogP contribution in [0, 0.1) is 0 Å². The second kappa shape index (κ2) is 5.40. The van der Waals surface area contributed by atoms with Gasteiger partial charge in [-0.2, -0.15) is 10.1 Å². The molecule has 0 bridgehead atoms. The van der Waals surface area contributed by atoms with Gasteiger partial charge in [0.15, 0.2) is 11.6 Å². The third-order valence-electron chi connectivity index (χ3n) is 3.19. The normalized spacial score (nSPS) is 11.0. The van der Waals surface area contributed by atoms with Gasteiger partial charge in [-0.25, -0.2) is 4.98 Å². The first-order valence-corrected chi connectivity index (χ1v) is 7.84. The molecule has 22 heavy (non-hydrogen) atoms. The topological polar surface area (TPSA) is 66.5 Å². The Labute approximate surface area is 135 Å². The molecule has 3 aromatic heterocycles. The SMILES string of the molecule is Clc1nc(Nc2cc(-c3ccccc3)[nH]n2)c2sccc2n1. The summed E-state index contributed by atoms with van der Waals surface area (Å²) in [5.74, 6) is 1.35. The van der Waals surface area contributed by atoms with Gasteiger partial charge >= 0.3 is 0 Å². The van der Waals surface area contributed by atoms with Crippen molar-refractivity contribution in [3.8, 4) is 11.3 Å². The zero-order valence-electron chi connectivity index (χ0n) is 11.2. The number of nitrogens with one attached hydrogen (secondary N) is 2. The van der Waals surface area contributed by atoms with Crippen LogP contribution in [0.1, 0.15) is 0 Å². The number of hydrogen-bond acceptors (Lipinski definition) is 5. The van der Waals surface area contributed by atoms with Crippen LogP contribution in [0.15, 0.2) is 47.8 Å². The molecule has 7 heteroatoms. The zero-order valence-corrected chi connectivity index (χ0v) is 12.8. The number of thiophene rings is 1. The number of fused-ring (bicyclic) bond motifs is 1. The van der Waals surface area contributed by atoms with E-state index in [9.17, 15) is 0 Å². The van der Waals surface area contributed by atoms with Crippen LogP contribution in [0.4, 0.5) is 11.6 Å². The second-order valence-electron chi connectivity index (χ2n) is 4.63. The molecule has 0 aliphatic rings. The van der Waals surface area contributed by atoms with Crippen LogP contribution in [0.5, 0.6) is 0 Å². The smallest absolute Gasteiger partial charge is 0.224 e. The van der Waals surface area contributed by atoms with Crippen molar-refractivity contribution in [1.29, 1.82) is 0 Å². The third-order valence-corrected chi connectivity index (χ3v) is 4.26. The number of aromatic nitrogens is 4. The third kappa shape index (κ3) is 2.43. The maximum atomic E-state index is 5.96. The highest BCUT2D eigenvalue weighted by Gasteiger charge is 2.10. The average Bonchev–Trinajstić information content (AvgIpc) is 3.17. The van der Waals surface area contributed by atoms with Crippen LogP contribution in [0.2, 0.25) is 5.28 Å². The lowest BCUT2D eigenvalue weighted by Crippen LogP contribution is -1.95. The Morgan fingerprint density at radius 2 is 1.95 bits per heavy atom. The van der Waals surface area contributed by atoms with Gasteiger partial charge < -0.3 is 5.32 Å². The monoisotopic (exact) mass is 327 g/mol. The largest absolute Gasteiger partial charge is 0.322 e. The highest BCUT2D eigenvalue weighted by atomic mass is 35.5. The number of H-pyrrole nitrogens is 1. The molecule has 4 aromatic rings.